The van der Waals surface area contributed by atoms with E-state index in [9.17, 15) is 4.79 Å². The zero-order valence-electron chi connectivity index (χ0n) is 32.0. The number of hydrogen-bond acceptors (Lipinski definition) is 9. The van der Waals surface area contributed by atoms with E-state index in [-0.39, 0.29) is 24.5 Å². The van der Waals surface area contributed by atoms with Gasteiger partial charge in [-0.05, 0) is 69.5 Å². The van der Waals surface area contributed by atoms with Crippen LogP contribution in [0.4, 0.5) is 0 Å². The van der Waals surface area contributed by atoms with E-state index in [1.807, 2.05) is 59.4 Å². The number of guanidine groups is 1. The van der Waals surface area contributed by atoms with Crippen LogP contribution in [0.15, 0.2) is 65.9 Å². The van der Waals surface area contributed by atoms with Crippen LogP contribution in [0.25, 0.3) is 11.1 Å². The normalized spacial score (nSPS) is 14.4. The number of ether oxygens (including phenoxy) is 2. The van der Waals surface area contributed by atoms with Crippen LogP contribution in [-0.2, 0) is 17.9 Å². The molecule has 0 radical (unpaired) electrons. The number of rotatable bonds is 22. The third-order valence-corrected chi connectivity index (χ3v) is 9.84. The van der Waals surface area contributed by atoms with Gasteiger partial charge in [0.15, 0.2) is 5.96 Å². The van der Waals surface area contributed by atoms with Gasteiger partial charge in [-0.1, -0.05) is 86.4 Å². The second-order valence-corrected chi connectivity index (χ2v) is 14.7. The quantitative estimate of drug-likeness (QED) is 0.0453. The molecule has 54 heavy (non-hydrogen) atoms. The highest BCUT2D eigenvalue weighted by atomic mass is 16.5. The lowest BCUT2D eigenvalue weighted by Crippen LogP contribution is -2.42. The molecule has 2 atom stereocenters. The number of aliphatic imine (C=N–C) groups is 1. The van der Waals surface area contributed by atoms with Gasteiger partial charge in [0.2, 0.25) is 5.91 Å². The number of aromatic nitrogens is 6. The summed E-state index contributed by atoms with van der Waals surface area (Å²) in [5.74, 6) is 2.36. The average molecular weight is 742 g/mol. The summed E-state index contributed by atoms with van der Waals surface area (Å²) in [5.41, 5.74) is 20.5. The summed E-state index contributed by atoms with van der Waals surface area (Å²) in [5, 5.41) is 21.1. The van der Waals surface area contributed by atoms with E-state index in [1.54, 1.807) is 10.9 Å². The molecule has 1 aliphatic carbocycles. The Morgan fingerprint density at radius 2 is 1.61 bits per heavy atom. The van der Waals surface area contributed by atoms with Gasteiger partial charge in [0.05, 0.1) is 25.0 Å². The predicted octanol–water partition coefficient (Wildman–Crippen LogP) is 5.50. The maximum Gasteiger partial charge on any atom is 0.245 e. The molecule has 14 nitrogen and oxygen atoms in total. The smallest absolute Gasteiger partial charge is 0.245 e. The highest BCUT2D eigenvalue weighted by molar-refractivity contribution is 5.80. The molecule has 0 spiro atoms. The molecule has 7 N–H and O–H groups in total. The molecule has 2 aromatic carbocycles. The number of nitrogens with one attached hydrogen (secondary N) is 1. The maximum absolute atomic E-state index is 14.1. The number of hydrogen-bond donors (Lipinski definition) is 4. The molecular weight excluding hydrogens is 683 g/mol. The molecule has 2 aromatic heterocycles. The third-order valence-electron chi connectivity index (χ3n) is 9.84. The number of nitrogens with two attached hydrogens (primary N) is 3. The second-order valence-electron chi connectivity index (χ2n) is 14.7. The Morgan fingerprint density at radius 3 is 2.31 bits per heavy atom. The molecule has 1 fully saturated rings. The number of amides is 1. The molecule has 0 aliphatic heterocycles. The third kappa shape index (κ3) is 12.3. The van der Waals surface area contributed by atoms with Gasteiger partial charge in [-0.3, -0.25) is 14.5 Å². The van der Waals surface area contributed by atoms with Crippen molar-refractivity contribution < 1.29 is 14.3 Å². The minimum Gasteiger partial charge on any atom is -0.493 e. The van der Waals surface area contributed by atoms with Gasteiger partial charge >= 0.3 is 0 Å². The van der Waals surface area contributed by atoms with Crippen LogP contribution >= 0.6 is 0 Å². The molecule has 1 aliphatic rings. The zero-order chi connectivity index (χ0) is 38.1. The minimum atomic E-state index is -0.645. The van der Waals surface area contributed by atoms with Crippen molar-refractivity contribution in [3.63, 3.8) is 0 Å². The largest absolute Gasteiger partial charge is 0.493 e. The number of unbranched alkanes of at least 4 members (excludes halogenated alkanes) is 1. The van der Waals surface area contributed by atoms with Crippen LogP contribution in [0, 0.1) is 5.92 Å². The van der Waals surface area contributed by atoms with Crippen LogP contribution in [-0.4, -0.2) is 67.6 Å². The molecule has 0 saturated heterocycles. The fourth-order valence-corrected chi connectivity index (χ4v) is 6.85. The Kier molecular flexibility index (Phi) is 15.7. The summed E-state index contributed by atoms with van der Waals surface area (Å²) < 4.78 is 16.0. The molecule has 1 saturated carbocycles. The van der Waals surface area contributed by atoms with Crippen molar-refractivity contribution in [2.45, 2.75) is 116 Å². The average Bonchev–Trinajstić information content (AvgIpc) is 3.84. The van der Waals surface area contributed by atoms with E-state index in [0.717, 1.165) is 61.1 Å². The first-order valence-corrected chi connectivity index (χ1v) is 19.6. The predicted molar refractivity (Wildman–Crippen MR) is 211 cm³/mol. The zero-order valence-corrected chi connectivity index (χ0v) is 32.0. The molecule has 0 unspecified atom stereocenters. The number of carbonyl (C=O) groups is 1. The molecule has 292 valence electrons. The Bertz CT molecular complexity index is 1740. The van der Waals surface area contributed by atoms with Crippen LogP contribution in [0.1, 0.15) is 108 Å². The number of benzene rings is 2. The van der Waals surface area contributed by atoms with Crippen molar-refractivity contribution in [2.75, 3.05) is 19.7 Å². The van der Waals surface area contributed by atoms with E-state index in [4.69, 9.17) is 26.7 Å². The van der Waals surface area contributed by atoms with Crippen molar-refractivity contribution in [1.29, 1.82) is 0 Å². The van der Waals surface area contributed by atoms with E-state index in [1.165, 1.54) is 19.3 Å². The summed E-state index contributed by atoms with van der Waals surface area (Å²) >= 11 is 0. The topological polar surface area (TPSA) is 199 Å². The highest BCUT2D eigenvalue weighted by Gasteiger charge is 2.26. The van der Waals surface area contributed by atoms with E-state index >= 15 is 0 Å². The first-order chi connectivity index (χ1) is 26.3. The fourth-order valence-electron chi connectivity index (χ4n) is 6.85. The highest BCUT2D eigenvalue weighted by Crippen LogP contribution is 2.37. The molecule has 14 heteroatoms. The lowest BCUT2D eigenvalue weighted by atomic mass is 9.87. The summed E-state index contributed by atoms with van der Waals surface area (Å²) in [6, 6.07) is 15.1. The minimum absolute atomic E-state index is 0.0154. The summed E-state index contributed by atoms with van der Waals surface area (Å²) in [6.45, 7) is 6.66. The van der Waals surface area contributed by atoms with Crippen LogP contribution in [0.5, 0.6) is 11.5 Å². The SMILES string of the molecule is CC(C)CCOc1ccccc1-c1ccccc1OCc1cn([C@H](CCCN=C(N)N)C(=O)N[C@H](CCCCN)Cn2cc(C3CCCCC3)nn2)nn1. The van der Waals surface area contributed by atoms with Gasteiger partial charge in [0.25, 0.3) is 0 Å². The monoisotopic (exact) mass is 741 g/mol. The van der Waals surface area contributed by atoms with Crippen molar-refractivity contribution >= 4 is 11.9 Å². The molecule has 4 aromatic rings. The van der Waals surface area contributed by atoms with Gasteiger partial charge in [-0.15, -0.1) is 10.2 Å². The Morgan fingerprint density at radius 1 is 0.889 bits per heavy atom. The first-order valence-electron chi connectivity index (χ1n) is 19.6. The van der Waals surface area contributed by atoms with Gasteiger partial charge in [0, 0.05) is 35.8 Å². The number of nitrogens with zero attached hydrogens (tertiary/aromatic N) is 7. The van der Waals surface area contributed by atoms with Crippen LogP contribution in [0.2, 0.25) is 0 Å². The fraction of sp³-hybridized carbons (Fsp3) is 0.550. The summed E-state index contributed by atoms with van der Waals surface area (Å²) in [4.78, 5) is 18.2. The second kappa shape index (κ2) is 21.0. The summed E-state index contributed by atoms with van der Waals surface area (Å²) in [7, 11) is 0. The summed E-state index contributed by atoms with van der Waals surface area (Å²) in [6.07, 6.45) is 14.3. The van der Waals surface area contributed by atoms with Crippen molar-refractivity contribution in [3.05, 3.63) is 72.3 Å². The van der Waals surface area contributed by atoms with Crippen LogP contribution < -0.4 is 32.0 Å². The van der Waals surface area contributed by atoms with Crippen molar-refractivity contribution in [1.82, 2.24) is 35.3 Å². The van der Waals surface area contributed by atoms with Crippen molar-refractivity contribution in [3.8, 4) is 22.6 Å². The molecule has 5 rings (SSSR count). The number of carbonyl (C=O) groups excluding carboxylic acids is 1. The van der Waals surface area contributed by atoms with Crippen LogP contribution in [0.3, 0.4) is 0 Å². The lowest BCUT2D eigenvalue weighted by molar-refractivity contribution is -0.125. The Labute approximate surface area is 319 Å². The Hall–Kier alpha value is -4.98. The molecule has 2 heterocycles. The first kappa shape index (κ1) is 40.2. The van der Waals surface area contributed by atoms with Gasteiger partial charge in [-0.2, -0.15) is 0 Å². The Balaban J connectivity index is 1.29. The molecule has 1 amide bonds. The van der Waals surface area contributed by atoms with Gasteiger partial charge in [0.1, 0.15) is 29.8 Å². The van der Waals surface area contributed by atoms with E-state index in [0.29, 0.717) is 62.4 Å². The number of para-hydroxylation sites is 2. The molecule has 0 bridgehead atoms. The van der Waals surface area contributed by atoms with E-state index < -0.39 is 6.04 Å². The van der Waals surface area contributed by atoms with Crippen molar-refractivity contribution in [2.24, 2.45) is 28.1 Å². The lowest BCUT2D eigenvalue weighted by Gasteiger charge is -2.23. The van der Waals surface area contributed by atoms with Gasteiger partial charge in [-0.25, -0.2) is 4.68 Å². The van der Waals surface area contributed by atoms with Gasteiger partial charge < -0.3 is 32.0 Å². The molecular formula is C40H59N11O3. The van der Waals surface area contributed by atoms with E-state index in [2.05, 4.69) is 44.8 Å². The maximum atomic E-state index is 14.1. The standard InChI is InChI=1S/C40H59N11O3/c1-29(2)21-24-53-37-19-8-6-16-33(37)34-17-7-9-20-38(34)54-28-32-26-51(49-46-32)36(18-12-23-44-40(42)43)39(52)45-31(15-10-11-22-41)25-50-27-35(47-48-50)30-13-4-3-5-14-30/h6-9,16-17,19-20,26-27,29-31,36H,3-5,10-15,18,21-25,28,41H2,1-2H3,(H,45,52)(H4,42,43,44)/t31-,36-/m1/s1.